The number of rotatable bonds is 6. The molecule has 1 aromatic rings. The molecule has 2 N–H and O–H groups in total. The third-order valence-corrected chi connectivity index (χ3v) is 6.63. The molecule has 0 unspecified atom stereocenters. The van der Waals surface area contributed by atoms with Gasteiger partial charge in [0.25, 0.3) is 0 Å². The number of benzene rings is 1. The zero-order chi connectivity index (χ0) is 24.8. The van der Waals surface area contributed by atoms with Crippen molar-refractivity contribution < 1.29 is 22.8 Å². The molecule has 0 spiro atoms. The Kier molecular flexibility index (Phi) is 8.79. The van der Waals surface area contributed by atoms with Crippen molar-refractivity contribution in [1.29, 1.82) is 5.26 Å². The van der Waals surface area contributed by atoms with Gasteiger partial charge in [0.1, 0.15) is 5.54 Å². The van der Waals surface area contributed by atoms with Crippen LogP contribution in [0.5, 0.6) is 0 Å². The summed E-state index contributed by atoms with van der Waals surface area (Å²) in [6, 6.07) is 5.57. The SMILES string of the molecule is N#CC1(NC(=O)CN2CCN(CC(=O)Nc3ccc(Cl)c(C(F)(F)F)c3)CC2)CCCCCC1. The van der Waals surface area contributed by atoms with E-state index in [9.17, 15) is 28.0 Å². The first kappa shape index (κ1) is 26.3. The van der Waals surface area contributed by atoms with Gasteiger partial charge in [-0.15, -0.1) is 0 Å². The monoisotopic (exact) mass is 499 g/mol. The van der Waals surface area contributed by atoms with Crippen LogP contribution < -0.4 is 10.6 Å². The van der Waals surface area contributed by atoms with Gasteiger partial charge in [-0.2, -0.15) is 18.4 Å². The number of carbonyl (C=O) groups is 2. The van der Waals surface area contributed by atoms with Crippen molar-refractivity contribution in [3.63, 3.8) is 0 Å². The maximum absolute atomic E-state index is 13.0. The number of alkyl halides is 3. The second kappa shape index (κ2) is 11.4. The fourth-order valence-corrected chi connectivity index (χ4v) is 4.66. The summed E-state index contributed by atoms with van der Waals surface area (Å²) in [7, 11) is 0. The number of nitrogens with one attached hydrogen (secondary N) is 2. The molecule has 0 bridgehead atoms. The standard InChI is InChI=1S/C23H29ClF3N5O2/c24-19-6-5-17(13-18(19)23(25,26)27)29-20(33)14-31-9-11-32(12-10-31)15-21(34)30-22(16-28)7-3-1-2-4-8-22/h5-6,13H,1-4,7-12,14-15H2,(H,29,33)(H,30,34). The lowest BCUT2D eigenvalue weighted by Crippen LogP contribution is -2.54. The second-order valence-electron chi connectivity index (χ2n) is 8.95. The Morgan fingerprint density at radius 1 is 1.00 bits per heavy atom. The lowest BCUT2D eigenvalue weighted by Gasteiger charge is -2.34. The van der Waals surface area contributed by atoms with Crippen LogP contribution in [0, 0.1) is 11.3 Å². The molecule has 2 fully saturated rings. The molecule has 3 rings (SSSR count). The van der Waals surface area contributed by atoms with Crippen LogP contribution in [0.4, 0.5) is 18.9 Å². The van der Waals surface area contributed by atoms with E-state index < -0.39 is 28.2 Å². The summed E-state index contributed by atoms with van der Waals surface area (Å²) in [5.41, 5.74) is -1.75. The van der Waals surface area contributed by atoms with Gasteiger partial charge in [0.05, 0.1) is 29.7 Å². The topological polar surface area (TPSA) is 88.5 Å². The van der Waals surface area contributed by atoms with Crippen LogP contribution in [0.1, 0.15) is 44.1 Å². The fraction of sp³-hybridized carbons (Fsp3) is 0.609. The fourth-order valence-electron chi connectivity index (χ4n) is 4.44. The number of hydrogen-bond acceptors (Lipinski definition) is 5. The minimum absolute atomic E-state index is 0.0293. The molecule has 1 saturated carbocycles. The molecule has 1 aliphatic heterocycles. The summed E-state index contributed by atoms with van der Waals surface area (Å²) in [5.74, 6) is -0.594. The molecule has 0 aromatic heterocycles. The van der Waals surface area contributed by atoms with Crippen LogP contribution in [-0.2, 0) is 15.8 Å². The molecule has 1 aromatic carbocycles. The highest BCUT2D eigenvalue weighted by Gasteiger charge is 2.34. The van der Waals surface area contributed by atoms with E-state index in [4.69, 9.17) is 11.6 Å². The van der Waals surface area contributed by atoms with Crippen molar-refractivity contribution >= 4 is 29.1 Å². The van der Waals surface area contributed by atoms with Gasteiger partial charge in [0.15, 0.2) is 0 Å². The van der Waals surface area contributed by atoms with Crippen molar-refractivity contribution in [2.45, 2.75) is 50.2 Å². The predicted molar refractivity (Wildman–Crippen MR) is 122 cm³/mol. The Hall–Kier alpha value is -2.35. The minimum Gasteiger partial charge on any atom is -0.337 e. The Bertz CT molecular complexity index is 918. The Morgan fingerprint density at radius 3 is 2.09 bits per heavy atom. The van der Waals surface area contributed by atoms with Crippen molar-refractivity contribution in [2.24, 2.45) is 0 Å². The first-order valence-electron chi connectivity index (χ1n) is 11.4. The van der Waals surface area contributed by atoms with Gasteiger partial charge in [-0.25, -0.2) is 0 Å². The van der Waals surface area contributed by atoms with E-state index in [0.29, 0.717) is 39.0 Å². The van der Waals surface area contributed by atoms with E-state index in [1.54, 1.807) is 0 Å². The van der Waals surface area contributed by atoms with Crippen molar-refractivity contribution in [3.05, 3.63) is 28.8 Å². The normalized spacial score (nSPS) is 19.6. The highest BCUT2D eigenvalue weighted by atomic mass is 35.5. The van der Waals surface area contributed by atoms with E-state index in [0.717, 1.165) is 37.8 Å². The summed E-state index contributed by atoms with van der Waals surface area (Å²) in [6.45, 7) is 2.44. The summed E-state index contributed by atoms with van der Waals surface area (Å²) in [5, 5.41) is 14.6. The zero-order valence-electron chi connectivity index (χ0n) is 18.9. The van der Waals surface area contributed by atoms with Crippen LogP contribution >= 0.6 is 11.6 Å². The molecule has 0 radical (unpaired) electrons. The molecule has 2 aliphatic rings. The number of carbonyl (C=O) groups excluding carboxylic acids is 2. The van der Waals surface area contributed by atoms with Crippen LogP contribution in [0.15, 0.2) is 18.2 Å². The van der Waals surface area contributed by atoms with Crippen LogP contribution in [0.3, 0.4) is 0 Å². The first-order valence-corrected chi connectivity index (χ1v) is 11.8. The summed E-state index contributed by atoms with van der Waals surface area (Å²) < 4.78 is 39.0. The number of hydrogen-bond donors (Lipinski definition) is 2. The summed E-state index contributed by atoms with van der Waals surface area (Å²) >= 11 is 5.61. The lowest BCUT2D eigenvalue weighted by molar-refractivity contribution is -0.137. The number of halogens is 4. The highest BCUT2D eigenvalue weighted by Crippen LogP contribution is 2.36. The summed E-state index contributed by atoms with van der Waals surface area (Å²) in [6.07, 6.45) is 0.771. The van der Waals surface area contributed by atoms with Gasteiger partial charge in [-0.1, -0.05) is 37.3 Å². The minimum atomic E-state index is -4.61. The number of anilines is 1. The largest absolute Gasteiger partial charge is 0.417 e. The zero-order valence-corrected chi connectivity index (χ0v) is 19.6. The number of piperazine rings is 1. The Balaban J connectivity index is 1.44. The maximum atomic E-state index is 13.0. The molecule has 186 valence electrons. The molecule has 0 atom stereocenters. The van der Waals surface area contributed by atoms with Crippen molar-refractivity contribution in [3.8, 4) is 6.07 Å². The molecule has 2 amide bonds. The third kappa shape index (κ3) is 7.32. The third-order valence-electron chi connectivity index (χ3n) is 6.30. The van der Waals surface area contributed by atoms with E-state index in [1.807, 2.05) is 9.80 Å². The average molecular weight is 500 g/mol. The molecular formula is C23H29ClF3N5O2. The number of nitrogens with zero attached hydrogens (tertiary/aromatic N) is 3. The quantitative estimate of drug-likeness (QED) is 0.583. The van der Waals surface area contributed by atoms with Gasteiger partial charge in [-0.3, -0.25) is 19.4 Å². The first-order chi connectivity index (χ1) is 16.1. The molecule has 1 aliphatic carbocycles. The van der Waals surface area contributed by atoms with E-state index >= 15 is 0 Å². The van der Waals surface area contributed by atoms with Gasteiger partial charge in [0.2, 0.25) is 11.8 Å². The van der Waals surface area contributed by atoms with Gasteiger partial charge in [-0.05, 0) is 31.0 Å². The second-order valence-corrected chi connectivity index (χ2v) is 9.36. The van der Waals surface area contributed by atoms with Gasteiger partial charge in [0, 0.05) is 31.9 Å². The van der Waals surface area contributed by atoms with Gasteiger partial charge >= 0.3 is 6.18 Å². The predicted octanol–water partition coefficient (Wildman–Crippen LogP) is 3.65. The molecule has 7 nitrogen and oxygen atoms in total. The Labute approximate surface area is 202 Å². The molecule has 11 heteroatoms. The maximum Gasteiger partial charge on any atom is 0.417 e. The molecule has 1 heterocycles. The van der Waals surface area contributed by atoms with Gasteiger partial charge < -0.3 is 10.6 Å². The summed E-state index contributed by atoms with van der Waals surface area (Å²) in [4.78, 5) is 28.8. The molecular weight excluding hydrogens is 471 g/mol. The Morgan fingerprint density at radius 2 is 1.56 bits per heavy atom. The van der Waals surface area contributed by atoms with Crippen LogP contribution in [0.25, 0.3) is 0 Å². The highest BCUT2D eigenvalue weighted by molar-refractivity contribution is 6.31. The van der Waals surface area contributed by atoms with Crippen molar-refractivity contribution in [2.75, 3.05) is 44.6 Å². The van der Waals surface area contributed by atoms with E-state index in [1.165, 1.54) is 6.07 Å². The van der Waals surface area contributed by atoms with E-state index in [-0.39, 0.29) is 24.7 Å². The number of amides is 2. The average Bonchev–Trinajstić information content (AvgIpc) is 3.01. The van der Waals surface area contributed by atoms with Crippen molar-refractivity contribution in [1.82, 2.24) is 15.1 Å². The smallest absolute Gasteiger partial charge is 0.337 e. The lowest BCUT2D eigenvalue weighted by atomic mass is 9.92. The number of nitriles is 1. The molecule has 1 saturated heterocycles. The van der Waals surface area contributed by atoms with Crippen LogP contribution in [0.2, 0.25) is 5.02 Å². The molecule has 34 heavy (non-hydrogen) atoms. The van der Waals surface area contributed by atoms with E-state index in [2.05, 4.69) is 16.7 Å². The van der Waals surface area contributed by atoms with Crippen LogP contribution in [-0.4, -0.2) is 66.4 Å².